The van der Waals surface area contributed by atoms with Gasteiger partial charge in [0.2, 0.25) is 0 Å². The second-order valence-corrected chi connectivity index (χ2v) is 5.24. The molecule has 2 heterocycles. The van der Waals surface area contributed by atoms with Crippen LogP contribution in [0.15, 0.2) is 0 Å². The van der Waals surface area contributed by atoms with Crippen molar-refractivity contribution in [2.24, 2.45) is 5.73 Å². The van der Waals surface area contributed by atoms with Gasteiger partial charge in [-0.1, -0.05) is 6.42 Å². The molecule has 94 valence electrons. The quantitative estimate of drug-likeness (QED) is 0.702. The lowest BCUT2D eigenvalue weighted by Gasteiger charge is -2.32. The zero-order valence-corrected chi connectivity index (χ0v) is 10.1. The van der Waals surface area contributed by atoms with Crippen LogP contribution in [0.1, 0.15) is 25.7 Å². The van der Waals surface area contributed by atoms with Gasteiger partial charge < -0.3 is 15.7 Å². The zero-order valence-electron chi connectivity index (χ0n) is 10.1. The molecule has 0 bridgehead atoms. The van der Waals surface area contributed by atoms with Gasteiger partial charge in [0.25, 0.3) is 0 Å². The predicted octanol–water partition coefficient (Wildman–Crippen LogP) is -0.134. The molecule has 2 aliphatic rings. The molecule has 2 unspecified atom stereocenters. The second kappa shape index (κ2) is 5.96. The van der Waals surface area contributed by atoms with Crippen LogP contribution in [-0.2, 0) is 0 Å². The van der Waals surface area contributed by atoms with E-state index in [4.69, 9.17) is 10.8 Å². The van der Waals surface area contributed by atoms with E-state index in [0.29, 0.717) is 0 Å². The van der Waals surface area contributed by atoms with E-state index in [2.05, 4.69) is 9.80 Å². The molecule has 0 aromatic heterocycles. The highest BCUT2D eigenvalue weighted by Crippen LogP contribution is 2.19. The summed E-state index contributed by atoms with van der Waals surface area (Å²) in [5.41, 5.74) is 5.77. The Morgan fingerprint density at radius 3 is 2.62 bits per heavy atom. The van der Waals surface area contributed by atoms with E-state index in [1.54, 1.807) is 0 Å². The summed E-state index contributed by atoms with van der Waals surface area (Å²) >= 11 is 0. The summed E-state index contributed by atoms with van der Waals surface area (Å²) in [7, 11) is 0. The molecule has 2 saturated heterocycles. The van der Waals surface area contributed by atoms with Crippen molar-refractivity contribution in [1.29, 1.82) is 0 Å². The molecule has 2 rings (SSSR count). The Labute approximate surface area is 98.4 Å². The smallest absolute Gasteiger partial charge is 0.0595 e. The third kappa shape index (κ3) is 3.17. The average Bonchev–Trinajstić information content (AvgIpc) is 2.78. The third-order valence-corrected chi connectivity index (χ3v) is 3.88. The second-order valence-electron chi connectivity index (χ2n) is 5.24. The first-order valence-electron chi connectivity index (χ1n) is 6.62. The molecule has 4 nitrogen and oxygen atoms in total. The van der Waals surface area contributed by atoms with E-state index < -0.39 is 0 Å². The fourth-order valence-electron chi connectivity index (χ4n) is 2.95. The Bertz CT molecular complexity index is 206. The van der Waals surface area contributed by atoms with Gasteiger partial charge in [-0.15, -0.1) is 0 Å². The number of nitrogens with zero attached hydrogens (tertiary/aromatic N) is 2. The number of hydrogen-bond acceptors (Lipinski definition) is 4. The van der Waals surface area contributed by atoms with Gasteiger partial charge in [-0.2, -0.15) is 0 Å². The van der Waals surface area contributed by atoms with Crippen molar-refractivity contribution in [2.75, 3.05) is 39.3 Å². The van der Waals surface area contributed by atoms with Gasteiger partial charge in [0.05, 0.1) is 6.61 Å². The van der Waals surface area contributed by atoms with Gasteiger partial charge >= 0.3 is 0 Å². The van der Waals surface area contributed by atoms with Gasteiger partial charge in [0.1, 0.15) is 0 Å². The van der Waals surface area contributed by atoms with Crippen LogP contribution in [-0.4, -0.2) is 66.3 Å². The molecule has 0 aliphatic carbocycles. The Balaban J connectivity index is 1.74. The van der Waals surface area contributed by atoms with E-state index in [9.17, 15) is 0 Å². The summed E-state index contributed by atoms with van der Waals surface area (Å²) in [6, 6.07) is 0.672. The van der Waals surface area contributed by atoms with Crippen LogP contribution in [0.5, 0.6) is 0 Å². The van der Waals surface area contributed by atoms with E-state index in [1.165, 1.54) is 38.8 Å². The van der Waals surface area contributed by atoms with Crippen LogP contribution in [0.4, 0.5) is 0 Å². The minimum Gasteiger partial charge on any atom is -0.395 e. The van der Waals surface area contributed by atoms with Crippen LogP contribution in [0.3, 0.4) is 0 Å². The largest absolute Gasteiger partial charge is 0.395 e. The number of hydrogen-bond donors (Lipinski definition) is 2. The number of aliphatic hydroxyl groups is 1. The van der Waals surface area contributed by atoms with E-state index in [0.717, 1.165) is 25.7 Å². The first kappa shape index (κ1) is 12.3. The molecule has 16 heavy (non-hydrogen) atoms. The lowest BCUT2D eigenvalue weighted by Crippen LogP contribution is -2.43. The van der Waals surface area contributed by atoms with Crippen LogP contribution in [0, 0.1) is 0 Å². The molecule has 0 aromatic carbocycles. The highest BCUT2D eigenvalue weighted by Gasteiger charge is 2.28. The molecule has 0 amide bonds. The van der Waals surface area contributed by atoms with E-state index in [1.807, 2.05) is 0 Å². The summed E-state index contributed by atoms with van der Waals surface area (Å²) in [5.74, 6) is 0. The summed E-state index contributed by atoms with van der Waals surface area (Å²) in [6.45, 7) is 5.81. The molecule has 0 aromatic rings. The first-order chi connectivity index (χ1) is 7.79. The molecule has 0 spiro atoms. The fourth-order valence-corrected chi connectivity index (χ4v) is 2.95. The maximum absolute atomic E-state index is 8.95. The van der Waals surface area contributed by atoms with Crippen LogP contribution in [0.2, 0.25) is 0 Å². The van der Waals surface area contributed by atoms with Gasteiger partial charge in [0, 0.05) is 25.2 Å². The molecule has 2 fully saturated rings. The summed E-state index contributed by atoms with van der Waals surface area (Å²) in [4.78, 5) is 5.05. The Hall–Kier alpha value is -0.160. The van der Waals surface area contributed by atoms with Crippen molar-refractivity contribution in [3.05, 3.63) is 0 Å². The normalized spacial score (nSPS) is 30.8. The Morgan fingerprint density at radius 2 is 1.94 bits per heavy atom. The van der Waals surface area contributed by atoms with Crippen molar-refractivity contribution in [3.8, 4) is 0 Å². The maximum Gasteiger partial charge on any atom is 0.0595 e. The zero-order chi connectivity index (χ0) is 11.4. The van der Waals surface area contributed by atoms with Crippen LogP contribution < -0.4 is 5.73 Å². The Morgan fingerprint density at radius 1 is 1.19 bits per heavy atom. The molecular weight excluding hydrogens is 202 g/mol. The van der Waals surface area contributed by atoms with Crippen molar-refractivity contribution in [1.82, 2.24) is 9.80 Å². The topological polar surface area (TPSA) is 52.7 Å². The monoisotopic (exact) mass is 227 g/mol. The fraction of sp³-hybridized carbons (Fsp3) is 1.00. The maximum atomic E-state index is 8.95. The number of aliphatic hydroxyl groups excluding tert-OH is 1. The van der Waals surface area contributed by atoms with E-state index in [-0.39, 0.29) is 12.6 Å². The van der Waals surface area contributed by atoms with E-state index >= 15 is 0 Å². The average molecular weight is 227 g/mol. The number of likely N-dealkylation sites (tertiary alicyclic amines) is 2. The molecule has 2 atom stereocenters. The summed E-state index contributed by atoms with van der Waals surface area (Å²) in [6.07, 6.45) is 5.42. The van der Waals surface area contributed by atoms with Crippen molar-refractivity contribution in [2.45, 2.75) is 37.8 Å². The van der Waals surface area contributed by atoms with Crippen molar-refractivity contribution < 1.29 is 5.11 Å². The van der Waals surface area contributed by atoms with Crippen LogP contribution in [0.25, 0.3) is 0 Å². The van der Waals surface area contributed by atoms with Gasteiger partial charge in [-0.25, -0.2) is 0 Å². The molecule has 2 aliphatic heterocycles. The minimum absolute atomic E-state index is 0.0693. The Kier molecular flexibility index (Phi) is 4.58. The van der Waals surface area contributed by atoms with Gasteiger partial charge in [-0.3, -0.25) is 4.90 Å². The SMILES string of the molecule is NC(CO)CN1CCC(N2CCCCC2)C1. The number of rotatable bonds is 4. The molecular formula is C12H25N3O. The predicted molar refractivity (Wildman–Crippen MR) is 65.3 cm³/mol. The summed E-state index contributed by atoms with van der Waals surface area (Å²) < 4.78 is 0. The minimum atomic E-state index is -0.0693. The van der Waals surface area contributed by atoms with Gasteiger partial charge in [0.15, 0.2) is 0 Å². The number of piperidine rings is 1. The molecule has 4 heteroatoms. The number of nitrogens with two attached hydrogens (primary N) is 1. The van der Waals surface area contributed by atoms with Crippen molar-refractivity contribution in [3.63, 3.8) is 0 Å². The highest BCUT2D eigenvalue weighted by atomic mass is 16.3. The lowest BCUT2D eigenvalue weighted by molar-refractivity contribution is 0.157. The molecule has 3 N–H and O–H groups in total. The standard InChI is InChI=1S/C12H25N3O/c13-11(10-16)8-14-7-4-12(9-14)15-5-2-1-3-6-15/h11-12,16H,1-10,13H2. The van der Waals surface area contributed by atoms with Crippen molar-refractivity contribution >= 4 is 0 Å². The lowest BCUT2D eigenvalue weighted by atomic mass is 10.1. The molecule has 0 saturated carbocycles. The van der Waals surface area contributed by atoms with Crippen LogP contribution >= 0.6 is 0 Å². The first-order valence-corrected chi connectivity index (χ1v) is 6.62. The summed E-state index contributed by atoms with van der Waals surface area (Å²) in [5, 5.41) is 8.95. The molecule has 0 radical (unpaired) electrons. The van der Waals surface area contributed by atoms with Gasteiger partial charge in [-0.05, 0) is 38.9 Å². The third-order valence-electron chi connectivity index (χ3n) is 3.88. The highest BCUT2D eigenvalue weighted by molar-refractivity contribution is 4.86.